The summed E-state index contributed by atoms with van der Waals surface area (Å²) in [7, 11) is 0. The van der Waals surface area contributed by atoms with Gasteiger partial charge in [0.25, 0.3) is 5.91 Å². The van der Waals surface area contributed by atoms with Crippen molar-refractivity contribution in [1.29, 1.82) is 0 Å². The largest absolute Gasteiger partial charge is 0.348 e. The standard InChI is InChI=1S/C14H14N4O2/c19-12-7-18-8-14(6-5-11(18)16-17-12)9-3-1-2-4-10(9)15-13(14)20/h1-4H,5-8H2,(H,15,20)(H,17,19). The molecular formula is C14H14N4O2. The fourth-order valence-electron chi connectivity index (χ4n) is 3.37. The molecular weight excluding hydrogens is 256 g/mol. The first-order valence-corrected chi connectivity index (χ1v) is 6.70. The number of para-hydroxylation sites is 1. The predicted molar refractivity (Wildman–Crippen MR) is 73.1 cm³/mol. The molecule has 3 aliphatic rings. The molecule has 0 radical (unpaired) electrons. The van der Waals surface area contributed by atoms with Crippen molar-refractivity contribution in [3.63, 3.8) is 0 Å². The second-order valence-electron chi connectivity index (χ2n) is 5.50. The van der Waals surface area contributed by atoms with Crippen molar-refractivity contribution in [1.82, 2.24) is 10.3 Å². The first-order chi connectivity index (χ1) is 9.69. The lowest BCUT2D eigenvalue weighted by molar-refractivity contribution is -0.125. The molecule has 3 aliphatic heterocycles. The first kappa shape index (κ1) is 11.5. The van der Waals surface area contributed by atoms with Gasteiger partial charge in [-0.05, 0) is 18.1 Å². The smallest absolute Gasteiger partial charge is 0.259 e. The molecule has 1 saturated heterocycles. The molecule has 0 aliphatic carbocycles. The van der Waals surface area contributed by atoms with Crippen LogP contribution in [-0.2, 0) is 15.0 Å². The van der Waals surface area contributed by atoms with E-state index in [1.54, 1.807) is 0 Å². The molecule has 4 rings (SSSR count). The van der Waals surface area contributed by atoms with Crippen LogP contribution in [0.5, 0.6) is 0 Å². The van der Waals surface area contributed by atoms with Crippen molar-refractivity contribution >= 4 is 23.3 Å². The third-order valence-corrected chi connectivity index (χ3v) is 4.37. The average molecular weight is 270 g/mol. The van der Waals surface area contributed by atoms with E-state index in [-0.39, 0.29) is 18.4 Å². The van der Waals surface area contributed by atoms with Crippen LogP contribution in [0, 0.1) is 0 Å². The maximum absolute atomic E-state index is 12.5. The summed E-state index contributed by atoms with van der Waals surface area (Å²) in [5.74, 6) is 0.772. The molecule has 0 bridgehead atoms. The zero-order valence-corrected chi connectivity index (χ0v) is 10.8. The quantitative estimate of drug-likeness (QED) is 0.717. The summed E-state index contributed by atoms with van der Waals surface area (Å²) in [6, 6.07) is 7.80. The third kappa shape index (κ3) is 1.41. The molecule has 0 aromatic heterocycles. The average Bonchev–Trinajstić information content (AvgIpc) is 2.72. The lowest BCUT2D eigenvalue weighted by Gasteiger charge is -2.41. The third-order valence-electron chi connectivity index (χ3n) is 4.37. The Morgan fingerprint density at radius 2 is 2.10 bits per heavy atom. The number of carbonyl (C=O) groups excluding carboxylic acids is 2. The Labute approximate surface area is 115 Å². The summed E-state index contributed by atoms with van der Waals surface area (Å²) in [5.41, 5.74) is 3.87. The van der Waals surface area contributed by atoms with Crippen molar-refractivity contribution in [3.05, 3.63) is 29.8 Å². The number of piperidine rings is 1. The molecule has 1 atom stereocenters. The van der Waals surface area contributed by atoms with Gasteiger partial charge in [0.2, 0.25) is 5.91 Å². The molecule has 1 aromatic rings. The lowest BCUT2D eigenvalue weighted by atomic mass is 9.74. The normalized spacial score (nSPS) is 27.6. The topological polar surface area (TPSA) is 73.8 Å². The number of amides is 2. The van der Waals surface area contributed by atoms with Crippen molar-refractivity contribution < 1.29 is 9.59 Å². The first-order valence-electron chi connectivity index (χ1n) is 6.70. The number of rotatable bonds is 0. The predicted octanol–water partition coefficient (Wildman–Crippen LogP) is 0.416. The van der Waals surface area contributed by atoms with Gasteiger partial charge in [0, 0.05) is 18.7 Å². The second-order valence-corrected chi connectivity index (χ2v) is 5.50. The number of carbonyl (C=O) groups is 2. The minimum absolute atomic E-state index is 0.0312. The van der Waals surface area contributed by atoms with Crippen molar-refractivity contribution in [2.24, 2.45) is 5.10 Å². The van der Waals surface area contributed by atoms with E-state index in [1.165, 1.54) is 0 Å². The minimum Gasteiger partial charge on any atom is -0.348 e. The molecule has 1 fully saturated rings. The van der Waals surface area contributed by atoms with E-state index in [9.17, 15) is 9.59 Å². The molecule has 2 amide bonds. The summed E-state index contributed by atoms with van der Waals surface area (Å²) in [6.07, 6.45) is 1.42. The number of nitrogens with one attached hydrogen (secondary N) is 2. The molecule has 1 aromatic carbocycles. The van der Waals surface area contributed by atoms with Gasteiger partial charge in [0.1, 0.15) is 5.84 Å². The van der Waals surface area contributed by atoms with Gasteiger partial charge in [-0.3, -0.25) is 9.59 Å². The van der Waals surface area contributed by atoms with Crippen LogP contribution in [0.2, 0.25) is 0 Å². The van der Waals surface area contributed by atoms with Gasteiger partial charge in [-0.2, -0.15) is 5.10 Å². The Hall–Kier alpha value is -2.37. The highest BCUT2D eigenvalue weighted by Crippen LogP contribution is 2.44. The Morgan fingerprint density at radius 1 is 1.25 bits per heavy atom. The van der Waals surface area contributed by atoms with E-state index < -0.39 is 5.41 Å². The van der Waals surface area contributed by atoms with E-state index in [0.717, 1.165) is 23.5 Å². The maximum Gasteiger partial charge on any atom is 0.259 e. The second kappa shape index (κ2) is 3.82. The molecule has 3 heterocycles. The molecule has 1 unspecified atom stereocenters. The summed E-state index contributed by atoms with van der Waals surface area (Å²) in [4.78, 5) is 25.9. The van der Waals surface area contributed by atoms with Gasteiger partial charge >= 0.3 is 0 Å². The van der Waals surface area contributed by atoms with Gasteiger partial charge in [0.05, 0.1) is 12.0 Å². The van der Waals surface area contributed by atoms with Gasteiger partial charge in [-0.1, -0.05) is 18.2 Å². The van der Waals surface area contributed by atoms with Gasteiger partial charge in [0.15, 0.2) is 0 Å². The SMILES string of the molecule is O=C1CN2CC3(CCC2=NN1)C(=O)Nc1ccccc13. The molecule has 2 N–H and O–H groups in total. The highest BCUT2D eigenvalue weighted by Gasteiger charge is 2.50. The van der Waals surface area contributed by atoms with E-state index in [4.69, 9.17) is 0 Å². The fourth-order valence-corrected chi connectivity index (χ4v) is 3.37. The van der Waals surface area contributed by atoms with Crippen LogP contribution < -0.4 is 10.7 Å². The number of fused-ring (bicyclic) bond motifs is 3. The monoisotopic (exact) mass is 270 g/mol. The Morgan fingerprint density at radius 3 is 3.00 bits per heavy atom. The number of amidine groups is 1. The number of anilines is 1. The molecule has 0 saturated carbocycles. The number of hydrogen-bond donors (Lipinski definition) is 2. The summed E-state index contributed by atoms with van der Waals surface area (Å²) in [5, 5.41) is 7.04. The molecule has 6 nitrogen and oxygen atoms in total. The Kier molecular flexibility index (Phi) is 2.19. The highest BCUT2D eigenvalue weighted by atomic mass is 16.2. The highest BCUT2D eigenvalue weighted by molar-refractivity contribution is 6.08. The zero-order chi connectivity index (χ0) is 13.7. The van der Waals surface area contributed by atoms with E-state index in [0.29, 0.717) is 13.0 Å². The number of hydrazone groups is 1. The summed E-state index contributed by atoms with van der Waals surface area (Å²) >= 11 is 0. The lowest BCUT2D eigenvalue weighted by Crippen LogP contribution is -2.56. The van der Waals surface area contributed by atoms with E-state index in [2.05, 4.69) is 15.8 Å². The maximum atomic E-state index is 12.5. The Bertz CT molecular complexity index is 654. The Balaban J connectivity index is 1.76. The molecule has 20 heavy (non-hydrogen) atoms. The van der Waals surface area contributed by atoms with Crippen LogP contribution in [-0.4, -0.2) is 35.6 Å². The number of hydrogen-bond acceptors (Lipinski definition) is 4. The summed E-state index contributed by atoms with van der Waals surface area (Å²) in [6.45, 7) is 0.790. The minimum atomic E-state index is -0.548. The molecule has 6 heteroatoms. The molecule has 102 valence electrons. The summed E-state index contributed by atoms with van der Waals surface area (Å²) < 4.78 is 0. The van der Waals surface area contributed by atoms with Gasteiger partial charge < -0.3 is 10.2 Å². The van der Waals surface area contributed by atoms with Crippen LogP contribution in [0.3, 0.4) is 0 Å². The van der Waals surface area contributed by atoms with Crippen LogP contribution in [0.4, 0.5) is 5.69 Å². The van der Waals surface area contributed by atoms with Crippen LogP contribution >= 0.6 is 0 Å². The number of benzene rings is 1. The van der Waals surface area contributed by atoms with E-state index in [1.807, 2.05) is 29.2 Å². The van der Waals surface area contributed by atoms with Crippen LogP contribution in [0.1, 0.15) is 18.4 Å². The van der Waals surface area contributed by atoms with Gasteiger partial charge in [-0.15, -0.1) is 0 Å². The zero-order valence-electron chi connectivity index (χ0n) is 10.8. The van der Waals surface area contributed by atoms with Crippen LogP contribution in [0.15, 0.2) is 29.4 Å². The van der Waals surface area contributed by atoms with E-state index >= 15 is 0 Å². The van der Waals surface area contributed by atoms with Crippen molar-refractivity contribution in [2.45, 2.75) is 18.3 Å². The number of nitrogens with zero attached hydrogens (tertiary/aromatic N) is 2. The van der Waals surface area contributed by atoms with Crippen molar-refractivity contribution in [3.8, 4) is 0 Å². The van der Waals surface area contributed by atoms with Gasteiger partial charge in [-0.25, -0.2) is 5.43 Å². The molecule has 1 spiro atoms. The van der Waals surface area contributed by atoms with Crippen LogP contribution in [0.25, 0.3) is 0 Å². The van der Waals surface area contributed by atoms with Crippen molar-refractivity contribution in [2.75, 3.05) is 18.4 Å². The fraction of sp³-hybridized carbons (Fsp3) is 0.357.